The molecule has 3 heterocycles. The molecule has 1 amide bonds. The van der Waals surface area contributed by atoms with Crippen LogP contribution in [0.15, 0.2) is 42.9 Å². The zero-order valence-corrected chi connectivity index (χ0v) is 19.1. The molecule has 0 spiro atoms. The second kappa shape index (κ2) is 8.21. The number of fused-ring (bicyclic) bond motifs is 1. The van der Waals surface area contributed by atoms with Gasteiger partial charge in [-0.25, -0.2) is 0 Å². The first kappa shape index (κ1) is 21.0. The van der Waals surface area contributed by atoms with Crippen LogP contribution < -0.4 is 0 Å². The number of aliphatic hydroxyl groups is 1. The third-order valence-electron chi connectivity index (χ3n) is 7.14. The molecule has 5 nitrogen and oxygen atoms in total. The van der Waals surface area contributed by atoms with Crippen LogP contribution in [0.5, 0.6) is 0 Å². The van der Waals surface area contributed by atoms with Crippen LogP contribution in [0.25, 0.3) is 11.3 Å². The fourth-order valence-corrected chi connectivity index (χ4v) is 5.36. The lowest BCUT2D eigenvalue weighted by atomic mass is 9.91. The maximum Gasteiger partial charge on any atom is 0.254 e. The minimum absolute atomic E-state index is 0.0504. The molecule has 0 radical (unpaired) electrons. The molecule has 1 aliphatic heterocycles. The van der Waals surface area contributed by atoms with E-state index in [1.807, 2.05) is 18.1 Å². The van der Waals surface area contributed by atoms with Gasteiger partial charge in [0.2, 0.25) is 0 Å². The third kappa shape index (κ3) is 3.75. The number of carbonyl (C=O) groups is 1. The Kier molecular flexibility index (Phi) is 5.38. The Morgan fingerprint density at radius 3 is 2.56 bits per heavy atom. The van der Waals surface area contributed by atoms with Crippen LogP contribution in [0.3, 0.4) is 0 Å². The van der Waals surface area contributed by atoms with Gasteiger partial charge in [-0.05, 0) is 73.1 Å². The van der Waals surface area contributed by atoms with E-state index < -0.39 is 6.10 Å². The summed E-state index contributed by atoms with van der Waals surface area (Å²) >= 11 is 0. The van der Waals surface area contributed by atoms with E-state index in [0.717, 1.165) is 65.6 Å². The molecule has 166 valence electrons. The Labute approximate surface area is 189 Å². The van der Waals surface area contributed by atoms with Crippen molar-refractivity contribution in [1.29, 1.82) is 0 Å². The van der Waals surface area contributed by atoms with E-state index in [-0.39, 0.29) is 11.9 Å². The number of benzene rings is 1. The van der Waals surface area contributed by atoms with Crippen LogP contribution in [-0.2, 0) is 20.0 Å². The zero-order valence-electron chi connectivity index (χ0n) is 19.1. The summed E-state index contributed by atoms with van der Waals surface area (Å²) in [6.07, 6.45) is 10.3. The average Bonchev–Trinajstić information content (AvgIpc) is 3.27. The number of aromatic nitrogens is 2. The number of aliphatic hydroxyl groups excluding tert-OH is 1. The van der Waals surface area contributed by atoms with Crippen molar-refractivity contribution in [1.82, 2.24) is 14.5 Å². The van der Waals surface area contributed by atoms with E-state index >= 15 is 0 Å². The van der Waals surface area contributed by atoms with E-state index in [1.165, 1.54) is 11.1 Å². The zero-order chi connectivity index (χ0) is 22.4. The first-order valence-electron chi connectivity index (χ1n) is 11.6. The van der Waals surface area contributed by atoms with Gasteiger partial charge in [-0.15, -0.1) is 0 Å². The number of rotatable bonds is 4. The molecule has 2 aromatic heterocycles. The van der Waals surface area contributed by atoms with Crippen LogP contribution in [0.1, 0.15) is 63.9 Å². The van der Waals surface area contributed by atoms with Crippen molar-refractivity contribution in [3.05, 3.63) is 76.2 Å². The van der Waals surface area contributed by atoms with Crippen molar-refractivity contribution >= 4 is 5.91 Å². The van der Waals surface area contributed by atoms with Gasteiger partial charge in [0.1, 0.15) is 0 Å². The Hall–Kier alpha value is -2.92. The molecule has 1 fully saturated rings. The normalized spacial score (nSPS) is 20.6. The number of nitrogens with zero attached hydrogens (tertiary/aromatic N) is 3. The highest BCUT2D eigenvalue weighted by Gasteiger charge is 2.37. The van der Waals surface area contributed by atoms with Crippen LogP contribution in [0, 0.1) is 13.8 Å². The number of aryl methyl sites for hydroxylation is 3. The van der Waals surface area contributed by atoms with Crippen molar-refractivity contribution in [3.8, 4) is 11.3 Å². The van der Waals surface area contributed by atoms with E-state index in [4.69, 9.17) is 4.98 Å². The predicted molar refractivity (Wildman–Crippen MR) is 126 cm³/mol. The lowest BCUT2D eigenvalue weighted by molar-refractivity contribution is 0.0191. The molecular weight excluding hydrogens is 398 g/mol. The van der Waals surface area contributed by atoms with Gasteiger partial charge < -0.3 is 14.6 Å². The second-order valence-corrected chi connectivity index (χ2v) is 9.54. The molecule has 1 aliphatic carbocycles. The predicted octanol–water partition coefficient (Wildman–Crippen LogP) is 4.55. The van der Waals surface area contributed by atoms with Crippen molar-refractivity contribution < 1.29 is 9.90 Å². The quantitative estimate of drug-likeness (QED) is 0.662. The summed E-state index contributed by atoms with van der Waals surface area (Å²) in [4.78, 5) is 19.8. The number of hydrogen-bond donors (Lipinski definition) is 1. The van der Waals surface area contributed by atoms with E-state index in [2.05, 4.69) is 55.1 Å². The van der Waals surface area contributed by atoms with Gasteiger partial charge in [0.15, 0.2) is 0 Å². The highest BCUT2D eigenvalue weighted by atomic mass is 16.3. The van der Waals surface area contributed by atoms with Gasteiger partial charge in [-0.1, -0.05) is 25.0 Å². The SMILES string of the molecule is Cc1cc2c(cc1Cc1ccc(-c3cn(C)cc3C)nc1)C(=O)N([C@H]1CCCC[C@@H]1O)C2. The molecule has 1 saturated carbocycles. The molecule has 5 rings (SSSR count). The molecule has 2 aliphatic rings. The minimum atomic E-state index is -0.402. The standard InChI is InChI=1S/C27H31N3O2/c1-17-10-21-15-30(25-6-4-5-7-26(25)31)27(32)22(21)12-20(17)11-19-8-9-24(28-13-19)23-16-29(3)14-18(23)2/h8-10,12-14,16,25-26,31H,4-7,11,15H2,1-3H3/t25-,26-/m0/s1. The highest BCUT2D eigenvalue weighted by Crippen LogP contribution is 2.33. The maximum absolute atomic E-state index is 13.2. The number of pyridine rings is 1. The Balaban J connectivity index is 1.36. The van der Waals surface area contributed by atoms with Crippen molar-refractivity contribution in [2.24, 2.45) is 7.05 Å². The summed E-state index contributed by atoms with van der Waals surface area (Å²) in [5, 5.41) is 10.5. The van der Waals surface area contributed by atoms with Gasteiger partial charge in [-0.2, -0.15) is 0 Å². The molecule has 0 unspecified atom stereocenters. The largest absolute Gasteiger partial charge is 0.391 e. The number of carbonyl (C=O) groups excluding carboxylic acids is 1. The molecule has 1 N–H and O–H groups in total. The molecule has 3 aromatic rings. The molecule has 0 saturated heterocycles. The summed E-state index contributed by atoms with van der Waals surface area (Å²) in [6, 6.07) is 8.39. The fraction of sp³-hybridized carbons (Fsp3) is 0.407. The lowest BCUT2D eigenvalue weighted by Gasteiger charge is -2.35. The topological polar surface area (TPSA) is 58.4 Å². The van der Waals surface area contributed by atoms with Crippen LogP contribution in [0.4, 0.5) is 0 Å². The molecule has 2 atom stereocenters. The highest BCUT2D eigenvalue weighted by molar-refractivity contribution is 5.99. The van der Waals surface area contributed by atoms with Gasteiger partial charge in [-0.3, -0.25) is 9.78 Å². The van der Waals surface area contributed by atoms with Crippen molar-refractivity contribution in [2.45, 2.75) is 64.6 Å². The van der Waals surface area contributed by atoms with E-state index in [1.54, 1.807) is 0 Å². The summed E-state index contributed by atoms with van der Waals surface area (Å²) in [7, 11) is 2.03. The first-order valence-corrected chi connectivity index (χ1v) is 11.6. The van der Waals surface area contributed by atoms with Gasteiger partial charge in [0.05, 0.1) is 17.8 Å². The summed E-state index contributed by atoms with van der Waals surface area (Å²) in [5.41, 5.74) is 8.73. The molecule has 32 heavy (non-hydrogen) atoms. The third-order valence-corrected chi connectivity index (χ3v) is 7.14. The second-order valence-electron chi connectivity index (χ2n) is 9.54. The molecule has 0 bridgehead atoms. The fourth-order valence-electron chi connectivity index (χ4n) is 5.36. The summed E-state index contributed by atoms with van der Waals surface area (Å²) < 4.78 is 2.06. The smallest absolute Gasteiger partial charge is 0.254 e. The maximum atomic E-state index is 13.2. The minimum Gasteiger partial charge on any atom is -0.391 e. The van der Waals surface area contributed by atoms with Gasteiger partial charge in [0.25, 0.3) is 5.91 Å². The molecular formula is C27H31N3O2. The average molecular weight is 430 g/mol. The van der Waals surface area contributed by atoms with Crippen LogP contribution in [0.2, 0.25) is 0 Å². The Morgan fingerprint density at radius 2 is 1.88 bits per heavy atom. The van der Waals surface area contributed by atoms with Crippen LogP contribution in [-0.4, -0.2) is 37.6 Å². The monoisotopic (exact) mass is 429 g/mol. The number of hydrogen-bond acceptors (Lipinski definition) is 3. The summed E-state index contributed by atoms with van der Waals surface area (Å²) in [6.45, 7) is 4.84. The Morgan fingerprint density at radius 1 is 1.06 bits per heavy atom. The van der Waals surface area contributed by atoms with E-state index in [0.29, 0.717) is 6.54 Å². The van der Waals surface area contributed by atoms with Crippen molar-refractivity contribution in [3.63, 3.8) is 0 Å². The van der Waals surface area contributed by atoms with Gasteiger partial charge in [0, 0.05) is 43.3 Å². The number of amides is 1. The van der Waals surface area contributed by atoms with Crippen LogP contribution >= 0.6 is 0 Å². The summed E-state index contributed by atoms with van der Waals surface area (Å²) in [5.74, 6) is 0.0697. The molecule has 5 heteroatoms. The first-order chi connectivity index (χ1) is 15.4. The van der Waals surface area contributed by atoms with E-state index in [9.17, 15) is 9.90 Å². The Bertz CT molecular complexity index is 1160. The van der Waals surface area contributed by atoms with Crippen molar-refractivity contribution in [2.75, 3.05) is 0 Å². The molecule has 1 aromatic carbocycles. The van der Waals surface area contributed by atoms with Gasteiger partial charge >= 0.3 is 0 Å². The lowest BCUT2D eigenvalue weighted by Crippen LogP contribution is -2.45.